The van der Waals surface area contributed by atoms with Gasteiger partial charge in [-0.2, -0.15) is 0 Å². The number of hydrogen-bond acceptors (Lipinski definition) is 3. The molecule has 0 saturated carbocycles. The molecule has 0 aromatic heterocycles. The van der Waals surface area contributed by atoms with Crippen LogP contribution in [0.5, 0.6) is 0 Å². The summed E-state index contributed by atoms with van der Waals surface area (Å²) < 4.78 is 5.13. The zero-order valence-corrected chi connectivity index (χ0v) is 16.4. The van der Waals surface area contributed by atoms with E-state index in [0.29, 0.717) is 0 Å². The number of nitrogens with zero attached hydrogens (tertiary/aromatic N) is 2. The van der Waals surface area contributed by atoms with E-state index in [1.165, 1.54) is 11.1 Å². The first-order valence-corrected chi connectivity index (χ1v) is 9.81. The highest BCUT2D eigenvalue weighted by Crippen LogP contribution is 2.24. The van der Waals surface area contributed by atoms with E-state index >= 15 is 0 Å². The van der Waals surface area contributed by atoms with E-state index in [-0.39, 0.29) is 18.6 Å². The Morgan fingerprint density at radius 1 is 1.07 bits per heavy atom. The summed E-state index contributed by atoms with van der Waals surface area (Å²) in [5.74, 6) is 0.0455. The smallest absolute Gasteiger partial charge is 0.253 e. The minimum atomic E-state index is 0.0455. The Kier molecular flexibility index (Phi) is 7.02. The number of benzene rings is 2. The molecule has 1 heterocycles. The number of ether oxygens (including phenoxy) is 1. The van der Waals surface area contributed by atoms with Crippen LogP contribution >= 0.6 is 0 Å². The monoisotopic (exact) mass is 366 g/mol. The lowest BCUT2D eigenvalue weighted by atomic mass is 10.0. The summed E-state index contributed by atoms with van der Waals surface area (Å²) in [4.78, 5) is 17.2. The number of hydrogen-bond donors (Lipinski definition) is 0. The number of aryl methyl sites for hydroxylation is 1. The second kappa shape index (κ2) is 9.67. The topological polar surface area (TPSA) is 32.8 Å². The Balaban J connectivity index is 1.60. The van der Waals surface area contributed by atoms with Gasteiger partial charge in [-0.15, -0.1) is 0 Å². The predicted octanol–water partition coefficient (Wildman–Crippen LogP) is 3.68. The molecule has 3 rings (SSSR count). The Bertz CT molecular complexity index is 707. The van der Waals surface area contributed by atoms with Gasteiger partial charge in [0.1, 0.15) is 6.61 Å². The van der Waals surface area contributed by atoms with Gasteiger partial charge in [-0.25, -0.2) is 0 Å². The number of amides is 1. The Morgan fingerprint density at radius 3 is 2.37 bits per heavy atom. The summed E-state index contributed by atoms with van der Waals surface area (Å²) in [5, 5.41) is 0. The summed E-state index contributed by atoms with van der Waals surface area (Å²) in [6, 6.07) is 19.1. The first-order valence-electron chi connectivity index (χ1n) is 9.81. The third kappa shape index (κ3) is 5.41. The van der Waals surface area contributed by atoms with Crippen molar-refractivity contribution in [1.29, 1.82) is 0 Å². The van der Waals surface area contributed by atoms with Crippen molar-refractivity contribution in [3.05, 3.63) is 65.7 Å². The highest BCUT2D eigenvalue weighted by atomic mass is 16.5. The number of carbonyl (C=O) groups is 1. The number of methoxy groups -OCH3 is 1. The van der Waals surface area contributed by atoms with E-state index < -0.39 is 0 Å². The van der Waals surface area contributed by atoms with Crippen molar-refractivity contribution in [3.63, 3.8) is 0 Å². The quantitative estimate of drug-likeness (QED) is 0.749. The van der Waals surface area contributed by atoms with E-state index in [4.69, 9.17) is 4.74 Å². The summed E-state index contributed by atoms with van der Waals surface area (Å²) in [6.45, 7) is 5.33. The van der Waals surface area contributed by atoms with Crippen LogP contribution in [0.3, 0.4) is 0 Å². The lowest BCUT2D eigenvalue weighted by molar-refractivity contribution is -0.122. The lowest BCUT2D eigenvalue weighted by Gasteiger charge is -2.38. The molecule has 0 unspecified atom stereocenters. The van der Waals surface area contributed by atoms with Crippen molar-refractivity contribution < 1.29 is 9.53 Å². The van der Waals surface area contributed by atoms with Crippen molar-refractivity contribution >= 4 is 11.6 Å². The number of anilines is 1. The van der Waals surface area contributed by atoms with Gasteiger partial charge in [-0.05, 0) is 43.9 Å². The van der Waals surface area contributed by atoms with Gasteiger partial charge in [0.15, 0.2) is 0 Å². The van der Waals surface area contributed by atoms with Gasteiger partial charge in [0.05, 0.1) is 0 Å². The molecule has 2 aromatic rings. The normalized spacial score (nSPS) is 15.6. The van der Waals surface area contributed by atoms with E-state index in [1.54, 1.807) is 7.11 Å². The van der Waals surface area contributed by atoms with Crippen molar-refractivity contribution in [3.8, 4) is 0 Å². The second-order valence-corrected chi connectivity index (χ2v) is 7.34. The summed E-state index contributed by atoms with van der Waals surface area (Å²) in [7, 11) is 1.58. The van der Waals surface area contributed by atoms with Crippen LogP contribution in [0.25, 0.3) is 0 Å². The van der Waals surface area contributed by atoms with Crippen molar-refractivity contribution in [1.82, 2.24) is 4.90 Å². The minimum absolute atomic E-state index is 0.0455. The molecule has 0 spiro atoms. The molecule has 0 bridgehead atoms. The average Bonchev–Trinajstić information content (AvgIpc) is 2.70. The van der Waals surface area contributed by atoms with Gasteiger partial charge in [-0.1, -0.05) is 48.0 Å². The molecule has 1 aliphatic rings. The largest absolute Gasteiger partial charge is 0.375 e. The van der Waals surface area contributed by atoms with Crippen LogP contribution in [-0.4, -0.2) is 50.2 Å². The number of piperidine rings is 1. The van der Waals surface area contributed by atoms with Crippen LogP contribution < -0.4 is 4.90 Å². The maximum atomic E-state index is 12.7. The van der Waals surface area contributed by atoms with E-state index in [0.717, 1.165) is 44.6 Å². The number of carbonyl (C=O) groups excluding carboxylic acids is 1. The van der Waals surface area contributed by atoms with Gasteiger partial charge in [0.25, 0.3) is 5.91 Å². The third-order valence-corrected chi connectivity index (χ3v) is 5.33. The summed E-state index contributed by atoms with van der Waals surface area (Å²) >= 11 is 0. The Hall–Kier alpha value is -2.17. The molecule has 27 heavy (non-hydrogen) atoms. The van der Waals surface area contributed by atoms with Crippen LogP contribution in [-0.2, 0) is 16.0 Å². The van der Waals surface area contributed by atoms with E-state index in [2.05, 4.69) is 54.3 Å². The lowest BCUT2D eigenvalue weighted by Crippen LogP contribution is -2.49. The van der Waals surface area contributed by atoms with Gasteiger partial charge in [0, 0.05) is 38.5 Å². The number of rotatable bonds is 7. The van der Waals surface area contributed by atoms with E-state index in [9.17, 15) is 4.79 Å². The highest BCUT2D eigenvalue weighted by molar-refractivity contribution is 5.94. The molecule has 144 valence electrons. The maximum Gasteiger partial charge on any atom is 0.253 e. The minimum Gasteiger partial charge on any atom is -0.375 e. The SMILES string of the molecule is COCC(=O)N(c1ccc(C)cc1)C1CCN(CCc2ccccc2)CC1. The van der Waals surface area contributed by atoms with Crippen molar-refractivity contribution in [2.45, 2.75) is 32.2 Å². The second-order valence-electron chi connectivity index (χ2n) is 7.34. The predicted molar refractivity (Wildman–Crippen MR) is 110 cm³/mol. The van der Waals surface area contributed by atoms with Crippen molar-refractivity contribution in [2.75, 3.05) is 38.3 Å². The van der Waals surface area contributed by atoms with Crippen LogP contribution in [0.2, 0.25) is 0 Å². The molecule has 0 aliphatic carbocycles. The molecule has 1 saturated heterocycles. The molecule has 0 N–H and O–H groups in total. The standard InChI is InChI=1S/C23H30N2O2/c1-19-8-10-21(11-9-19)25(23(26)18-27-2)22-13-16-24(17-14-22)15-12-20-6-4-3-5-7-20/h3-11,22H,12-18H2,1-2H3. The highest BCUT2D eigenvalue weighted by Gasteiger charge is 2.28. The van der Waals surface area contributed by atoms with Crippen LogP contribution in [0.1, 0.15) is 24.0 Å². The Morgan fingerprint density at radius 2 is 1.74 bits per heavy atom. The molecule has 1 fully saturated rings. The first-order chi connectivity index (χ1) is 13.2. The number of likely N-dealkylation sites (tertiary alicyclic amines) is 1. The van der Waals surface area contributed by atoms with Crippen LogP contribution in [0.4, 0.5) is 5.69 Å². The molecule has 4 heteroatoms. The zero-order valence-electron chi connectivity index (χ0n) is 16.4. The molecular weight excluding hydrogens is 336 g/mol. The zero-order chi connectivity index (χ0) is 19.1. The van der Waals surface area contributed by atoms with Gasteiger partial charge in [0.2, 0.25) is 0 Å². The summed E-state index contributed by atoms with van der Waals surface area (Å²) in [5.41, 5.74) is 3.56. The third-order valence-electron chi connectivity index (χ3n) is 5.33. The van der Waals surface area contributed by atoms with E-state index in [1.807, 2.05) is 17.0 Å². The average molecular weight is 367 g/mol. The first kappa shape index (κ1) is 19.6. The Labute approximate surface area is 162 Å². The summed E-state index contributed by atoms with van der Waals surface area (Å²) in [6.07, 6.45) is 3.08. The molecule has 1 amide bonds. The van der Waals surface area contributed by atoms with Crippen LogP contribution in [0, 0.1) is 6.92 Å². The maximum absolute atomic E-state index is 12.7. The molecule has 4 nitrogen and oxygen atoms in total. The van der Waals surface area contributed by atoms with Crippen LogP contribution in [0.15, 0.2) is 54.6 Å². The fraction of sp³-hybridized carbons (Fsp3) is 0.435. The van der Waals surface area contributed by atoms with Gasteiger partial charge in [-0.3, -0.25) is 4.79 Å². The fourth-order valence-corrected chi connectivity index (χ4v) is 3.79. The van der Waals surface area contributed by atoms with Crippen molar-refractivity contribution in [2.24, 2.45) is 0 Å². The molecular formula is C23H30N2O2. The fourth-order valence-electron chi connectivity index (χ4n) is 3.79. The molecule has 1 aliphatic heterocycles. The van der Waals surface area contributed by atoms with Gasteiger partial charge < -0.3 is 14.5 Å². The molecule has 0 radical (unpaired) electrons. The molecule has 2 aromatic carbocycles. The molecule has 0 atom stereocenters. The van der Waals surface area contributed by atoms with Gasteiger partial charge >= 0.3 is 0 Å².